The molecule has 0 saturated carbocycles. The van der Waals surface area contributed by atoms with Gasteiger partial charge in [-0.2, -0.15) is 0 Å². The van der Waals surface area contributed by atoms with Gasteiger partial charge in [-0.25, -0.2) is 4.79 Å². The molecule has 0 fully saturated rings. The van der Waals surface area contributed by atoms with Crippen molar-refractivity contribution in [3.05, 3.63) is 0 Å². The van der Waals surface area contributed by atoms with Crippen molar-refractivity contribution in [2.45, 2.75) is 24.0 Å². The molecule has 0 aromatic carbocycles. The summed E-state index contributed by atoms with van der Waals surface area (Å²) in [6, 6.07) is 0. The zero-order valence-electron chi connectivity index (χ0n) is 7.11. The van der Waals surface area contributed by atoms with Crippen molar-refractivity contribution in [1.82, 2.24) is 0 Å². The quantitative estimate of drug-likeness (QED) is 0.225. The van der Waals surface area contributed by atoms with Gasteiger partial charge in [-0.1, -0.05) is 0 Å². The van der Waals surface area contributed by atoms with E-state index in [-0.39, 0.29) is 0 Å². The summed E-state index contributed by atoms with van der Waals surface area (Å²) in [6.45, 7) is -1.10. The summed E-state index contributed by atoms with van der Waals surface area (Å²) in [4.78, 5) is 10.2. The molecule has 8 heteroatoms. The standard InChI is InChI=1S/C6H13NO7/c7-6(14,1-8)4(11)2(9)3(10)5(12)13/h2-4,8-11,14H,1,7H2,(H,12,13)/t2-,3-,4+,6-/m1/s1. The van der Waals surface area contributed by atoms with Crippen molar-refractivity contribution in [3.63, 3.8) is 0 Å². The first-order valence-corrected chi connectivity index (χ1v) is 3.63. The third-order valence-corrected chi connectivity index (χ3v) is 1.67. The molecule has 8 nitrogen and oxygen atoms in total. The summed E-state index contributed by atoms with van der Waals surface area (Å²) in [5.41, 5.74) is 2.32. The number of nitrogens with two attached hydrogens (primary N) is 1. The van der Waals surface area contributed by atoms with Crippen LogP contribution < -0.4 is 5.73 Å². The molecule has 0 aliphatic heterocycles. The summed E-state index contributed by atoms with van der Waals surface area (Å²) in [5, 5.41) is 52.5. The number of rotatable bonds is 5. The van der Waals surface area contributed by atoms with Gasteiger partial charge >= 0.3 is 5.97 Å². The number of aliphatic hydroxyl groups excluding tert-OH is 4. The molecule has 0 aliphatic rings. The lowest BCUT2D eigenvalue weighted by Crippen LogP contribution is -2.61. The Morgan fingerprint density at radius 1 is 1.36 bits per heavy atom. The minimum absolute atomic E-state index is 1.10. The SMILES string of the molecule is N[C@@](O)(CO)[C@@H](O)[C@H](O)[C@@H](O)C(=O)O. The highest BCUT2D eigenvalue weighted by Gasteiger charge is 2.41. The average Bonchev–Trinajstić information content (AvgIpc) is 2.14. The molecule has 84 valence electrons. The summed E-state index contributed by atoms with van der Waals surface area (Å²) in [6.07, 6.45) is -6.68. The van der Waals surface area contributed by atoms with Crippen LogP contribution in [0.15, 0.2) is 0 Å². The molecule has 0 aromatic heterocycles. The number of carbonyl (C=O) groups is 1. The molecule has 0 unspecified atom stereocenters. The predicted molar refractivity (Wildman–Crippen MR) is 41.9 cm³/mol. The Balaban J connectivity index is 4.53. The molecule has 0 bridgehead atoms. The first-order valence-electron chi connectivity index (χ1n) is 3.63. The molecule has 0 spiro atoms. The van der Waals surface area contributed by atoms with E-state index in [1.165, 1.54) is 0 Å². The zero-order valence-corrected chi connectivity index (χ0v) is 7.11. The molecule has 0 rings (SSSR count). The first kappa shape index (κ1) is 13.2. The Kier molecular flexibility index (Phi) is 4.39. The van der Waals surface area contributed by atoms with Gasteiger partial charge in [0.25, 0.3) is 0 Å². The molecular formula is C6H13NO7. The van der Waals surface area contributed by atoms with Gasteiger partial charge in [0.2, 0.25) is 0 Å². The Morgan fingerprint density at radius 3 is 2.07 bits per heavy atom. The van der Waals surface area contributed by atoms with E-state index >= 15 is 0 Å². The topological polar surface area (TPSA) is 164 Å². The van der Waals surface area contributed by atoms with Gasteiger partial charge in [-0.05, 0) is 0 Å². The number of hydrogen-bond donors (Lipinski definition) is 7. The average molecular weight is 211 g/mol. The second-order valence-corrected chi connectivity index (χ2v) is 2.87. The van der Waals surface area contributed by atoms with Gasteiger partial charge in [0.1, 0.15) is 12.2 Å². The third-order valence-electron chi connectivity index (χ3n) is 1.67. The van der Waals surface area contributed by atoms with Crippen LogP contribution in [-0.4, -0.2) is 67.3 Å². The van der Waals surface area contributed by atoms with Crippen LogP contribution in [0.3, 0.4) is 0 Å². The number of aliphatic hydroxyl groups is 5. The van der Waals surface area contributed by atoms with Crippen molar-refractivity contribution in [3.8, 4) is 0 Å². The van der Waals surface area contributed by atoms with Crippen molar-refractivity contribution >= 4 is 5.97 Å². The lowest BCUT2D eigenvalue weighted by Gasteiger charge is -2.31. The van der Waals surface area contributed by atoms with Crippen molar-refractivity contribution < 1.29 is 35.4 Å². The summed E-state index contributed by atoms with van der Waals surface area (Å²) in [7, 11) is 0. The van der Waals surface area contributed by atoms with E-state index in [1.54, 1.807) is 0 Å². The molecule has 4 atom stereocenters. The molecule has 8 N–H and O–H groups in total. The largest absolute Gasteiger partial charge is 0.479 e. The van der Waals surface area contributed by atoms with Gasteiger partial charge in [0, 0.05) is 0 Å². The van der Waals surface area contributed by atoms with Gasteiger partial charge in [-0.3, -0.25) is 5.73 Å². The third kappa shape index (κ3) is 2.87. The molecular weight excluding hydrogens is 198 g/mol. The number of carboxylic acid groups (broad SMARTS) is 1. The molecule has 0 radical (unpaired) electrons. The van der Waals surface area contributed by atoms with Crippen LogP contribution in [0.4, 0.5) is 0 Å². The lowest BCUT2D eigenvalue weighted by atomic mass is 9.99. The van der Waals surface area contributed by atoms with E-state index in [0.717, 1.165) is 0 Å². The highest BCUT2D eigenvalue weighted by molar-refractivity contribution is 5.72. The van der Waals surface area contributed by atoms with Crippen LogP contribution in [0.2, 0.25) is 0 Å². The van der Waals surface area contributed by atoms with Crippen molar-refractivity contribution in [2.75, 3.05) is 6.61 Å². The maximum atomic E-state index is 10.2. The van der Waals surface area contributed by atoms with E-state index in [0.29, 0.717) is 0 Å². The van der Waals surface area contributed by atoms with E-state index < -0.39 is 36.6 Å². The smallest absolute Gasteiger partial charge is 0.335 e. The monoisotopic (exact) mass is 211 g/mol. The zero-order chi connectivity index (χ0) is 11.5. The minimum Gasteiger partial charge on any atom is -0.479 e. The van der Waals surface area contributed by atoms with Gasteiger partial charge in [0.05, 0.1) is 6.61 Å². The summed E-state index contributed by atoms with van der Waals surface area (Å²) in [5.74, 6) is -1.79. The summed E-state index contributed by atoms with van der Waals surface area (Å²) < 4.78 is 0. The molecule has 0 amide bonds. The maximum Gasteiger partial charge on any atom is 0.335 e. The Bertz CT molecular complexity index is 206. The Labute approximate surface area is 78.8 Å². The van der Waals surface area contributed by atoms with Crippen LogP contribution >= 0.6 is 0 Å². The fourth-order valence-electron chi connectivity index (χ4n) is 0.708. The van der Waals surface area contributed by atoms with Crippen LogP contribution in [0.1, 0.15) is 0 Å². The maximum absolute atomic E-state index is 10.2. The molecule has 0 heterocycles. The van der Waals surface area contributed by atoms with Crippen LogP contribution in [0.5, 0.6) is 0 Å². The Morgan fingerprint density at radius 2 is 1.79 bits per heavy atom. The van der Waals surface area contributed by atoms with Gasteiger partial charge in [0.15, 0.2) is 11.8 Å². The molecule has 14 heavy (non-hydrogen) atoms. The number of hydrogen-bond acceptors (Lipinski definition) is 7. The second-order valence-electron chi connectivity index (χ2n) is 2.87. The highest BCUT2D eigenvalue weighted by Crippen LogP contribution is 2.10. The number of aliphatic carboxylic acids is 1. The molecule has 0 aromatic rings. The lowest BCUT2D eigenvalue weighted by molar-refractivity contribution is -0.180. The van der Waals surface area contributed by atoms with Crippen molar-refractivity contribution in [1.29, 1.82) is 0 Å². The normalized spacial score (nSPS) is 22.1. The minimum atomic E-state index is -2.57. The van der Waals surface area contributed by atoms with Crippen LogP contribution in [0.25, 0.3) is 0 Å². The first-order chi connectivity index (χ1) is 6.24. The fourth-order valence-corrected chi connectivity index (χ4v) is 0.708. The fraction of sp³-hybridized carbons (Fsp3) is 0.833. The van der Waals surface area contributed by atoms with Crippen LogP contribution in [-0.2, 0) is 4.79 Å². The second kappa shape index (κ2) is 4.64. The van der Waals surface area contributed by atoms with E-state index in [4.69, 9.17) is 36.4 Å². The Hall–Kier alpha value is -0.770. The summed E-state index contributed by atoms with van der Waals surface area (Å²) >= 11 is 0. The molecule has 0 saturated heterocycles. The van der Waals surface area contributed by atoms with E-state index in [2.05, 4.69) is 0 Å². The van der Waals surface area contributed by atoms with Crippen molar-refractivity contribution in [2.24, 2.45) is 5.73 Å². The van der Waals surface area contributed by atoms with Gasteiger partial charge < -0.3 is 30.6 Å². The van der Waals surface area contributed by atoms with Crippen LogP contribution in [0, 0.1) is 0 Å². The predicted octanol–water partition coefficient (Wildman–Crippen LogP) is -4.21. The van der Waals surface area contributed by atoms with E-state index in [9.17, 15) is 4.79 Å². The highest BCUT2D eigenvalue weighted by atomic mass is 16.4. The van der Waals surface area contributed by atoms with Gasteiger partial charge in [-0.15, -0.1) is 0 Å². The molecule has 0 aliphatic carbocycles. The number of carboxylic acids is 1. The van der Waals surface area contributed by atoms with E-state index in [1.807, 2.05) is 0 Å².